The fraction of sp³-hybridized carbons (Fsp3) is 0.176. The molecule has 0 saturated heterocycles. The number of carbonyl (C=O) groups is 2. The summed E-state index contributed by atoms with van der Waals surface area (Å²) in [6.45, 7) is 1.68. The molecule has 0 saturated carbocycles. The first kappa shape index (κ1) is 18.3. The topological polar surface area (TPSA) is 55.4 Å². The molecular formula is C17H15ClFNO3S. The summed E-state index contributed by atoms with van der Waals surface area (Å²) in [5, 5.41) is 1.94. The number of halogens is 2. The summed E-state index contributed by atoms with van der Waals surface area (Å²) in [5.41, 5.74) is 0.325. The molecule has 0 aliphatic carbocycles. The van der Waals surface area contributed by atoms with Gasteiger partial charge in [0.15, 0.2) is 5.82 Å². The largest absolute Gasteiger partial charge is 0.468 e. The van der Waals surface area contributed by atoms with Gasteiger partial charge in [-0.1, -0.05) is 29.8 Å². The molecule has 0 bridgehead atoms. The van der Waals surface area contributed by atoms with E-state index in [0.29, 0.717) is 10.5 Å². The summed E-state index contributed by atoms with van der Waals surface area (Å²) in [7, 11) is 1.31. The van der Waals surface area contributed by atoms with Crippen LogP contribution in [0.5, 0.6) is 0 Å². The molecule has 1 amide bonds. The van der Waals surface area contributed by atoms with E-state index < -0.39 is 22.9 Å². The van der Waals surface area contributed by atoms with Gasteiger partial charge in [-0.15, -0.1) is 11.8 Å². The van der Waals surface area contributed by atoms with Gasteiger partial charge >= 0.3 is 5.97 Å². The predicted molar refractivity (Wildman–Crippen MR) is 93.1 cm³/mol. The monoisotopic (exact) mass is 367 g/mol. The van der Waals surface area contributed by atoms with Crippen LogP contribution in [0.15, 0.2) is 47.4 Å². The highest BCUT2D eigenvalue weighted by Gasteiger charge is 2.19. The Morgan fingerprint density at radius 1 is 1.21 bits per heavy atom. The van der Waals surface area contributed by atoms with Gasteiger partial charge in [-0.05, 0) is 31.2 Å². The van der Waals surface area contributed by atoms with Crippen molar-refractivity contribution in [1.29, 1.82) is 0 Å². The maximum absolute atomic E-state index is 13.9. The highest BCUT2D eigenvalue weighted by molar-refractivity contribution is 8.00. The van der Waals surface area contributed by atoms with Gasteiger partial charge in [0.25, 0.3) is 5.91 Å². The molecule has 0 fully saturated rings. The first-order valence-electron chi connectivity index (χ1n) is 7.03. The van der Waals surface area contributed by atoms with Crippen molar-refractivity contribution in [3.8, 4) is 0 Å². The number of rotatable bonds is 5. The van der Waals surface area contributed by atoms with Crippen LogP contribution in [0.1, 0.15) is 17.3 Å². The normalized spacial score (nSPS) is 11.7. The van der Waals surface area contributed by atoms with Crippen LogP contribution in [-0.4, -0.2) is 24.2 Å². The van der Waals surface area contributed by atoms with E-state index in [4.69, 9.17) is 11.6 Å². The first-order chi connectivity index (χ1) is 11.4. The summed E-state index contributed by atoms with van der Waals surface area (Å²) >= 11 is 6.91. The van der Waals surface area contributed by atoms with E-state index >= 15 is 0 Å². The standard InChI is InChI=1S/C17H15ClFNO3S/c1-10(17(22)23-2)24-14-9-4-3-6-11(14)16(21)20-13-8-5-7-12(18)15(13)19/h3-10H,1-2H3,(H,20,21). The van der Waals surface area contributed by atoms with Crippen molar-refractivity contribution in [3.05, 3.63) is 58.9 Å². The molecule has 126 valence electrons. The SMILES string of the molecule is COC(=O)C(C)Sc1ccccc1C(=O)Nc1cccc(Cl)c1F. The minimum atomic E-state index is -0.694. The lowest BCUT2D eigenvalue weighted by molar-refractivity contribution is -0.139. The quantitative estimate of drug-likeness (QED) is 0.629. The van der Waals surface area contributed by atoms with Crippen LogP contribution in [0.3, 0.4) is 0 Å². The Labute approximate surface area is 148 Å². The van der Waals surface area contributed by atoms with E-state index in [0.717, 1.165) is 0 Å². The number of amides is 1. The van der Waals surface area contributed by atoms with Gasteiger partial charge < -0.3 is 10.1 Å². The van der Waals surface area contributed by atoms with Gasteiger partial charge in [0.2, 0.25) is 0 Å². The van der Waals surface area contributed by atoms with Crippen LogP contribution in [0.25, 0.3) is 0 Å². The molecule has 0 aliphatic rings. The van der Waals surface area contributed by atoms with E-state index in [1.165, 1.54) is 31.0 Å². The Hall–Kier alpha value is -2.05. The lowest BCUT2D eigenvalue weighted by atomic mass is 10.2. The Morgan fingerprint density at radius 2 is 1.92 bits per heavy atom. The molecule has 24 heavy (non-hydrogen) atoms. The molecule has 0 aromatic heterocycles. The third-order valence-electron chi connectivity index (χ3n) is 3.17. The first-order valence-corrected chi connectivity index (χ1v) is 8.28. The second-order valence-corrected chi connectivity index (χ2v) is 6.62. The molecule has 2 aromatic rings. The highest BCUT2D eigenvalue weighted by atomic mass is 35.5. The zero-order valence-corrected chi connectivity index (χ0v) is 14.6. The highest BCUT2D eigenvalue weighted by Crippen LogP contribution is 2.29. The maximum Gasteiger partial charge on any atom is 0.318 e. The second kappa shape index (κ2) is 8.17. The van der Waals surface area contributed by atoms with Gasteiger partial charge in [0.1, 0.15) is 5.25 Å². The lowest BCUT2D eigenvalue weighted by Crippen LogP contribution is -2.17. The van der Waals surface area contributed by atoms with Crippen molar-refractivity contribution >= 4 is 40.9 Å². The van der Waals surface area contributed by atoms with Crippen LogP contribution in [0.2, 0.25) is 5.02 Å². The van der Waals surface area contributed by atoms with Gasteiger partial charge in [0, 0.05) is 4.90 Å². The number of esters is 1. The number of methoxy groups -OCH3 is 1. The number of carbonyl (C=O) groups excluding carboxylic acids is 2. The number of hydrogen-bond donors (Lipinski definition) is 1. The molecular weight excluding hydrogens is 353 g/mol. The third-order valence-corrected chi connectivity index (χ3v) is 4.62. The van der Waals surface area contributed by atoms with Gasteiger partial charge in [-0.25, -0.2) is 4.39 Å². The van der Waals surface area contributed by atoms with E-state index in [2.05, 4.69) is 10.1 Å². The van der Waals surface area contributed by atoms with E-state index in [9.17, 15) is 14.0 Å². The van der Waals surface area contributed by atoms with Crippen molar-refractivity contribution in [2.45, 2.75) is 17.1 Å². The molecule has 0 aliphatic heterocycles. The van der Waals surface area contributed by atoms with Crippen molar-refractivity contribution in [3.63, 3.8) is 0 Å². The minimum absolute atomic E-state index is 0.00619. The number of anilines is 1. The fourth-order valence-electron chi connectivity index (χ4n) is 1.95. The van der Waals surface area contributed by atoms with Crippen LogP contribution in [0, 0.1) is 5.82 Å². The Kier molecular flexibility index (Phi) is 6.23. The van der Waals surface area contributed by atoms with Crippen molar-refractivity contribution in [1.82, 2.24) is 0 Å². The number of thioether (sulfide) groups is 1. The zero-order valence-electron chi connectivity index (χ0n) is 13.0. The van der Waals surface area contributed by atoms with Crippen molar-refractivity contribution in [2.75, 3.05) is 12.4 Å². The number of benzene rings is 2. The minimum Gasteiger partial charge on any atom is -0.468 e. The molecule has 2 rings (SSSR count). The molecule has 0 spiro atoms. The van der Waals surface area contributed by atoms with E-state index in [1.54, 1.807) is 37.3 Å². The Bertz CT molecular complexity index is 769. The summed E-state index contributed by atoms with van der Waals surface area (Å²) < 4.78 is 18.6. The maximum atomic E-state index is 13.9. The number of hydrogen-bond acceptors (Lipinski definition) is 4. The second-order valence-electron chi connectivity index (χ2n) is 4.83. The summed E-state index contributed by atoms with van der Waals surface area (Å²) in [6.07, 6.45) is 0. The molecule has 1 atom stereocenters. The van der Waals surface area contributed by atoms with Crippen LogP contribution < -0.4 is 5.32 Å². The summed E-state index contributed by atoms with van der Waals surface area (Å²) in [5.74, 6) is -1.58. The van der Waals surface area contributed by atoms with E-state index in [-0.39, 0.29) is 10.7 Å². The van der Waals surface area contributed by atoms with Crippen LogP contribution >= 0.6 is 23.4 Å². The Balaban J connectivity index is 2.24. The molecule has 0 radical (unpaired) electrons. The molecule has 4 nitrogen and oxygen atoms in total. The average Bonchev–Trinajstić information content (AvgIpc) is 2.58. The molecule has 7 heteroatoms. The van der Waals surface area contributed by atoms with Gasteiger partial charge in [-0.2, -0.15) is 0 Å². The third kappa shape index (κ3) is 4.27. The summed E-state index contributed by atoms with van der Waals surface area (Å²) in [6, 6.07) is 11.1. The van der Waals surface area contributed by atoms with Crippen molar-refractivity contribution < 1.29 is 18.7 Å². The smallest absolute Gasteiger partial charge is 0.318 e. The van der Waals surface area contributed by atoms with Crippen LogP contribution in [0.4, 0.5) is 10.1 Å². The van der Waals surface area contributed by atoms with Gasteiger partial charge in [-0.3, -0.25) is 9.59 Å². The molecule has 2 aromatic carbocycles. The van der Waals surface area contributed by atoms with Crippen molar-refractivity contribution in [2.24, 2.45) is 0 Å². The fourth-order valence-corrected chi connectivity index (χ4v) is 3.14. The molecule has 0 heterocycles. The lowest BCUT2D eigenvalue weighted by Gasteiger charge is -2.13. The number of nitrogens with one attached hydrogen (secondary N) is 1. The average molecular weight is 368 g/mol. The molecule has 1 unspecified atom stereocenters. The number of ether oxygens (including phenoxy) is 1. The summed E-state index contributed by atoms with van der Waals surface area (Å²) in [4.78, 5) is 24.6. The van der Waals surface area contributed by atoms with Crippen LogP contribution in [-0.2, 0) is 9.53 Å². The predicted octanol–water partition coefficient (Wildman–Crippen LogP) is 4.39. The molecule has 1 N–H and O–H groups in total. The zero-order chi connectivity index (χ0) is 17.7. The Morgan fingerprint density at radius 3 is 2.62 bits per heavy atom. The van der Waals surface area contributed by atoms with Gasteiger partial charge in [0.05, 0.1) is 23.4 Å². The van der Waals surface area contributed by atoms with E-state index in [1.807, 2.05) is 0 Å².